The second kappa shape index (κ2) is 8.97. The van der Waals surface area contributed by atoms with Crippen molar-refractivity contribution in [1.29, 1.82) is 0 Å². The summed E-state index contributed by atoms with van der Waals surface area (Å²) in [5, 5.41) is 3.31. The Kier molecular flexibility index (Phi) is 6.42. The number of para-hydroxylation sites is 1. The number of nitrogens with one attached hydrogen (secondary N) is 1. The van der Waals surface area contributed by atoms with Gasteiger partial charge in [0.1, 0.15) is 0 Å². The van der Waals surface area contributed by atoms with Gasteiger partial charge in [-0.05, 0) is 44.7 Å². The lowest BCUT2D eigenvalue weighted by atomic mass is 10.1. The number of piperidine rings is 1. The molecule has 3 N–H and O–H groups in total. The van der Waals surface area contributed by atoms with Crippen LogP contribution in [0.15, 0.2) is 29.3 Å². The number of carbonyl (C=O) groups excluding carboxylic acids is 1. The van der Waals surface area contributed by atoms with Crippen molar-refractivity contribution < 1.29 is 9.53 Å². The minimum Gasteiger partial charge on any atom is -0.450 e. The molecule has 0 aliphatic carbocycles. The molecule has 0 spiro atoms. The number of likely N-dealkylation sites (tertiary alicyclic amines) is 1. The number of nitrogens with two attached hydrogens (primary N) is 1. The second-order valence-corrected chi connectivity index (χ2v) is 7.25. The first-order valence-corrected chi connectivity index (χ1v) is 9.91. The maximum absolute atomic E-state index is 11.7. The lowest BCUT2D eigenvalue weighted by Gasteiger charge is -2.32. The van der Waals surface area contributed by atoms with Gasteiger partial charge < -0.3 is 25.6 Å². The van der Waals surface area contributed by atoms with Crippen LogP contribution < -0.4 is 16.0 Å². The molecule has 1 fully saturated rings. The molecule has 1 atom stereocenters. The van der Waals surface area contributed by atoms with Gasteiger partial charge in [0.05, 0.1) is 13.2 Å². The van der Waals surface area contributed by atoms with Gasteiger partial charge in [0.25, 0.3) is 0 Å². The van der Waals surface area contributed by atoms with E-state index in [0.29, 0.717) is 38.2 Å². The van der Waals surface area contributed by atoms with E-state index in [4.69, 9.17) is 10.5 Å². The summed E-state index contributed by atoms with van der Waals surface area (Å²) in [6.45, 7) is 7.50. The number of rotatable bonds is 5. The maximum atomic E-state index is 11.7. The fourth-order valence-electron chi connectivity index (χ4n) is 3.83. The van der Waals surface area contributed by atoms with Crippen LogP contribution >= 0.6 is 0 Å². The van der Waals surface area contributed by atoms with Crippen LogP contribution in [0.3, 0.4) is 0 Å². The van der Waals surface area contributed by atoms with Crippen molar-refractivity contribution >= 4 is 17.7 Å². The fourth-order valence-corrected chi connectivity index (χ4v) is 3.83. The number of fused-ring (bicyclic) bond motifs is 1. The van der Waals surface area contributed by atoms with E-state index in [1.54, 1.807) is 4.90 Å². The van der Waals surface area contributed by atoms with Crippen LogP contribution in [-0.2, 0) is 11.2 Å². The molecule has 1 amide bonds. The molecule has 2 heterocycles. The van der Waals surface area contributed by atoms with Crippen molar-refractivity contribution in [2.75, 3.05) is 37.7 Å². The van der Waals surface area contributed by atoms with Crippen molar-refractivity contribution in [3.8, 4) is 0 Å². The van der Waals surface area contributed by atoms with E-state index >= 15 is 0 Å². The molecule has 148 valence electrons. The molecule has 2 aliphatic heterocycles. The second-order valence-electron chi connectivity index (χ2n) is 7.25. The highest BCUT2D eigenvalue weighted by atomic mass is 16.6. The predicted molar refractivity (Wildman–Crippen MR) is 108 cm³/mol. The summed E-state index contributed by atoms with van der Waals surface area (Å²) >= 11 is 0. The lowest BCUT2D eigenvalue weighted by molar-refractivity contribution is 0.0963. The fraction of sp³-hybridized carbons (Fsp3) is 0.600. The largest absolute Gasteiger partial charge is 0.450 e. The first-order valence-electron chi connectivity index (χ1n) is 9.91. The molecule has 0 radical (unpaired) electrons. The Morgan fingerprint density at radius 3 is 2.81 bits per heavy atom. The number of benzene rings is 1. The maximum Gasteiger partial charge on any atom is 0.409 e. The molecule has 1 unspecified atom stereocenters. The summed E-state index contributed by atoms with van der Waals surface area (Å²) in [6, 6.07) is 9.12. The third-order valence-corrected chi connectivity index (χ3v) is 5.35. The van der Waals surface area contributed by atoms with Gasteiger partial charge in [0.15, 0.2) is 5.96 Å². The molecule has 7 heteroatoms. The Bertz CT molecular complexity index is 670. The summed E-state index contributed by atoms with van der Waals surface area (Å²) < 4.78 is 5.05. The predicted octanol–water partition coefficient (Wildman–Crippen LogP) is 1.96. The monoisotopic (exact) mass is 373 g/mol. The number of anilines is 1. The average Bonchev–Trinajstić information content (AvgIpc) is 3.11. The Balaban J connectivity index is 1.44. The van der Waals surface area contributed by atoms with E-state index in [0.717, 1.165) is 25.8 Å². The minimum atomic E-state index is -0.225. The summed E-state index contributed by atoms with van der Waals surface area (Å²) in [6.07, 6.45) is 2.57. The minimum absolute atomic E-state index is 0.225. The SMILES string of the molecule is CCOC(=O)N1CCC(NC(N)=NCC(C)N2CCc3ccccc32)CC1. The highest BCUT2D eigenvalue weighted by Crippen LogP contribution is 2.29. The lowest BCUT2D eigenvalue weighted by Crippen LogP contribution is -2.48. The van der Waals surface area contributed by atoms with Gasteiger partial charge in [-0.2, -0.15) is 0 Å². The number of guanidine groups is 1. The van der Waals surface area contributed by atoms with Crippen molar-refractivity contribution in [3.63, 3.8) is 0 Å². The Morgan fingerprint density at radius 1 is 1.33 bits per heavy atom. The van der Waals surface area contributed by atoms with Crippen LogP contribution in [0.1, 0.15) is 32.3 Å². The Morgan fingerprint density at radius 2 is 2.07 bits per heavy atom. The molecular weight excluding hydrogens is 342 g/mol. The highest BCUT2D eigenvalue weighted by molar-refractivity contribution is 5.78. The van der Waals surface area contributed by atoms with E-state index in [1.807, 2.05) is 6.92 Å². The van der Waals surface area contributed by atoms with E-state index in [9.17, 15) is 4.79 Å². The van der Waals surface area contributed by atoms with Gasteiger partial charge in [0.2, 0.25) is 0 Å². The van der Waals surface area contributed by atoms with Crippen LogP contribution in [0.4, 0.5) is 10.5 Å². The highest BCUT2D eigenvalue weighted by Gasteiger charge is 2.24. The molecule has 0 aromatic heterocycles. The van der Waals surface area contributed by atoms with Gasteiger partial charge in [0, 0.05) is 37.4 Å². The van der Waals surface area contributed by atoms with Crippen LogP contribution in [0.5, 0.6) is 0 Å². The normalized spacial score (nSPS) is 19.0. The molecule has 0 bridgehead atoms. The van der Waals surface area contributed by atoms with Crippen molar-refractivity contribution in [1.82, 2.24) is 10.2 Å². The molecule has 2 aliphatic rings. The molecule has 1 saturated heterocycles. The zero-order chi connectivity index (χ0) is 19.2. The zero-order valence-corrected chi connectivity index (χ0v) is 16.4. The summed E-state index contributed by atoms with van der Waals surface area (Å²) in [5.74, 6) is 0.490. The molecule has 1 aromatic rings. The first kappa shape index (κ1) is 19.3. The standard InChI is InChI=1S/C20H31N5O2/c1-3-27-20(26)24-11-9-17(10-12-24)23-19(21)22-14-15(2)25-13-8-16-6-4-5-7-18(16)25/h4-7,15,17H,3,8-14H2,1-2H3,(H3,21,22,23). The average molecular weight is 374 g/mol. The smallest absolute Gasteiger partial charge is 0.409 e. The Hall–Kier alpha value is -2.44. The number of amides is 1. The molecule has 0 saturated carbocycles. The third kappa shape index (κ3) is 4.84. The number of aliphatic imine (C=N–C) groups is 1. The topological polar surface area (TPSA) is 83.2 Å². The van der Waals surface area contributed by atoms with Gasteiger partial charge in [-0.15, -0.1) is 0 Å². The number of hydrogen-bond acceptors (Lipinski definition) is 4. The molecular formula is C20H31N5O2. The number of ether oxygens (including phenoxy) is 1. The number of nitrogens with zero attached hydrogens (tertiary/aromatic N) is 3. The molecule has 3 rings (SSSR count). The molecule has 1 aromatic carbocycles. The third-order valence-electron chi connectivity index (χ3n) is 5.35. The van der Waals surface area contributed by atoms with E-state index in [-0.39, 0.29) is 12.1 Å². The zero-order valence-electron chi connectivity index (χ0n) is 16.4. The number of hydrogen-bond donors (Lipinski definition) is 2. The van der Waals surface area contributed by atoms with Crippen LogP contribution in [-0.4, -0.2) is 61.8 Å². The van der Waals surface area contributed by atoms with E-state index in [2.05, 4.69) is 46.4 Å². The van der Waals surface area contributed by atoms with Crippen LogP contribution in [0.25, 0.3) is 0 Å². The van der Waals surface area contributed by atoms with Crippen molar-refractivity contribution in [2.24, 2.45) is 10.7 Å². The molecule has 27 heavy (non-hydrogen) atoms. The van der Waals surface area contributed by atoms with Crippen LogP contribution in [0.2, 0.25) is 0 Å². The van der Waals surface area contributed by atoms with Gasteiger partial charge in [-0.1, -0.05) is 18.2 Å². The van der Waals surface area contributed by atoms with E-state index < -0.39 is 0 Å². The summed E-state index contributed by atoms with van der Waals surface area (Å²) in [7, 11) is 0. The van der Waals surface area contributed by atoms with Crippen LogP contribution in [0, 0.1) is 0 Å². The van der Waals surface area contributed by atoms with Gasteiger partial charge in [-0.25, -0.2) is 4.79 Å². The van der Waals surface area contributed by atoms with E-state index in [1.165, 1.54) is 11.3 Å². The first-order chi connectivity index (χ1) is 13.1. The summed E-state index contributed by atoms with van der Waals surface area (Å²) in [4.78, 5) is 20.5. The van der Waals surface area contributed by atoms with Crippen molar-refractivity contribution in [2.45, 2.75) is 45.2 Å². The Labute approximate surface area is 161 Å². The van der Waals surface area contributed by atoms with Gasteiger partial charge >= 0.3 is 6.09 Å². The number of carbonyl (C=O) groups is 1. The quantitative estimate of drug-likeness (QED) is 0.609. The summed E-state index contributed by atoms with van der Waals surface area (Å²) in [5.41, 5.74) is 8.83. The molecule has 7 nitrogen and oxygen atoms in total. The van der Waals surface area contributed by atoms with Gasteiger partial charge in [-0.3, -0.25) is 4.99 Å². The van der Waals surface area contributed by atoms with Crippen molar-refractivity contribution in [3.05, 3.63) is 29.8 Å².